The lowest BCUT2D eigenvalue weighted by Crippen LogP contribution is -2.27. The number of carbonyl (C=O) groups excluding carboxylic acids is 3. The summed E-state index contributed by atoms with van der Waals surface area (Å²) in [5, 5.41) is 2.71. The summed E-state index contributed by atoms with van der Waals surface area (Å²) < 4.78 is 21.3. The van der Waals surface area contributed by atoms with Crippen LogP contribution in [-0.4, -0.2) is 29.9 Å². The van der Waals surface area contributed by atoms with Gasteiger partial charge in [-0.3, -0.25) is 5.32 Å². The van der Waals surface area contributed by atoms with E-state index >= 15 is 0 Å². The fourth-order valence-corrected chi connectivity index (χ4v) is 3.71. The van der Waals surface area contributed by atoms with Crippen molar-refractivity contribution in [3.8, 4) is 0 Å². The summed E-state index contributed by atoms with van der Waals surface area (Å²) >= 11 is 0. The van der Waals surface area contributed by atoms with Crippen molar-refractivity contribution in [3.63, 3.8) is 0 Å². The molecule has 2 aliphatic heterocycles. The Morgan fingerprint density at radius 1 is 1.20 bits per heavy atom. The summed E-state index contributed by atoms with van der Waals surface area (Å²) in [7, 11) is 0. The molecule has 0 bridgehead atoms. The van der Waals surface area contributed by atoms with Gasteiger partial charge in [-0.05, 0) is 57.4 Å². The Kier molecular flexibility index (Phi) is 4.80. The minimum atomic E-state index is -0.842. The summed E-state index contributed by atoms with van der Waals surface area (Å²) in [4.78, 5) is 35.8. The first-order valence-electron chi connectivity index (χ1n) is 9.69. The lowest BCUT2D eigenvalue weighted by molar-refractivity contribution is -0.152. The number of ether oxygens (including phenoxy) is 4. The highest BCUT2D eigenvalue weighted by molar-refractivity contribution is 5.92. The third kappa shape index (κ3) is 3.90. The van der Waals surface area contributed by atoms with Crippen LogP contribution in [0.15, 0.2) is 41.7 Å². The van der Waals surface area contributed by atoms with Gasteiger partial charge in [-0.1, -0.05) is 6.07 Å². The zero-order chi connectivity index (χ0) is 21.6. The van der Waals surface area contributed by atoms with Gasteiger partial charge in [0.1, 0.15) is 11.7 Å². The Balaban J connectivity index is 1.48. The van der Waals surface area contributed by atoms with E-state index < -0.39 is 36.0 Å². The predicted molar refractivity (Wildman–Crippen MR) is 105 cm³/mol. The Morgan fingerprint density at radius 3 is 2.63 bits per heavy atom. The van der Waals surface area contributed by atoms with Gasteiger partial charge in [0.15, 0.2) is 0 Å². The minimum Gasteiger partial charge on any atom is -0.458 e. The van der Waals surface area contributed by atoms with E-state index in [-0.39, 0.29) is 5.92 Å². The van der Waals surface area contributed by atoms with E-state index in [1.807, 2.05) is 6.07 Å². The molecule has 1 saturated heterocycles. The van der Waals surface area contributed by atoms with Crippen LogP contribution < -0.4 is 5.32 Å². The van der Waals surface area contributed by atoms with Crippen molar-refractivity contribution in [1.82, 2.24) is 0 Å². The number of hydrogen-bond donors (Lipinski definition) is 1. The first kappa shape index (κ1) is 20.0. The Bertz CT molecular complexity index is 986. The maximum atomic E-state index is 12.4. The zero-order valence-corrected chi connectivity index (χ0v) is 17.2. The van der Waals surface area contributed by atoms with Crippen LogP contribution in [0.3, 0.4) is 0 Å². The second-order valence-corrected chi connectivity index (χ2v) is 8.51. The number of amides is 1. The number of benzene rings is 1. The quantitative estimate of drug-likeness (QED) is 0.350. The molecule has 30 heavy (non-hydrogen) atoms. The summed E-state index contributed by atoms with van der Waals surface area (Å²) in [6, 6.07) is 5.49. The molecule has 8 heteroatoms. The SMILES string of the molecule is CC1=C[C@@H](O/C=C2/C(=O)O[C@H]3c4cc(NC(=O)OC(C)(C)C)ccc4C[C@@H]23)OC1=O. The number of nitrogens with one attached hydrogen (secondary N) is 1. The number of anilines is 1. The maximum Gasteiger partial charge on any atom is 0.412 e. The molecule has 1 fully saturated rings. The molecule has 0 aromatic heterocycles. The van der Waals surface area contributed by atoms with E-state index in [4.69, 9.17) is 18.9 Å². The molecule has 0 spiro atoms. The monoisotopic (exact) mass is 413 g/mol. The molecule has 1 aromatic carbocycles. The van der Waals surface area contributed by atoms with E-state index in [0.29, 0.717) is 23.3 Å². The normalized spacial score (nSPS) is 25.9. The van der Waals surface area contributed by atoms with Crippen molar-refractivity contribution in [2.24, 2.45) is 5.92 Å². The van der Waals surface area contributed by atoms with Gasteiger partial charge < -0.3 is 18.9 Å². The average molecular weight is 413 g/mol. The Labute approximate surface area is 173 Å². The lowest BCUT2D eigenvalue weighted by Gasteiger charge is -2.20. The topological polar surface area (TPSA) is 100 Å². The van der Waals surface area contributed by atoms with E-state index in [9.17, 15) is 14.4 Å². The highest BCUT2D eigenvalue weighted by atomic mass is 16.7. The molecule has 1 aromatic rings. The number of esters is 2. The molecule has 0 unspecified atom stereocenters. The molecule has 3 aliphatic rings. The van der Waals surface area contributed by atoms with Crippen molar-refractivity contribution >= 4 is 23.7 Å². The van der Waals surface area contributed by atoms with Crippen molar-refractivity contribution in [2.45, 2.75) is 52.1 Å². The first-order chi connectivity index (χ1) is 14.1. The molecular formula is C22H23NO7. The minimum absolute atomic E-state index is 0.202. The van der Waals surface area contributed by atoms with E-state index in [1.54, 1.807) is 45.9 Å². The van der Waals surface area contributed by atoms with Crippen LogP contribution in [0.1, 0.15) is 44.9 Å². The van der Waals surface area contributed by atoms with Gasteiger partial charge in [-0.2, -0.15) is 0 Å². The van der Waals surface area contributed by atoms with Crippen LogP contribution in [0.25, 0.3) is 0 Å². The zero-order valence-electron chi connectivity index (χ0n) is 17.2. The molecular weight excluding hydrogens is 390 g/mol. The molecule has 0 saturated carbocycles. The molecule has 1 amide bonds. The van der Waals surface area contributed by atoms with Gasteiger partial charge in [-0.15, -0.1) is 0 Å². The molecule has 3 atom stereocenters. The summed E-state index contributed by atoms with van der Waals surface area (Å²) in [5.41, 5.74) is 2.69. The molecule has 8 nitrogen and oxygen atoms in total. The second-order valence-electron chi connectivity index (χ2n) is 8.51. The number of fused-ring (bicyclic) bond motifs is 3. The van der Waals surface area contributed by atoms with Crippen LogP contribution >= 0.6 is 0 Å². The van der Waals surface area contributed by atoms with Crippen LogP contribution in [0.2, 0.25) is 0 Å². The van der Waals surface area contributed by atoms with E-state index in [2.05, 4.69) is 5.32 Å². The highest BCUT2D eigenvalue weighted by Crippen LogP contribution is 2.48. The van der Waals surface area contributed by atoms with Crippen LogP contribution in [-0.2, 0) is 35.0 Å². The fourth-order valence-electron chi connectivity index (χ4n) is 3.71. The van der Waals surface area contributed by atoms with Gasteiger partial charge in [0.05, 0.1) is 11.8 Å². The van der Waals surface area contributed by atoms with Crippen molar-refractivity contribution < 1.29 is 33.3 Å². The molecule has 158 valence electrons. The van der Waals surface area contributed by atoms with Crippen LogP contribution in [0, 0.1) is 5.92 Å². The van der Waals surface area contributed by atoms with Gasteiger partial charge in [0, 0.05) is 23.3 Å². The lowest BCUT2D eigenvalue weighted by atomic mass is 9.98. The largest absolute Gasteiger partial charge is 0.458 e. The molecule has 2 heterocycles. The number of cyclic esters (lactones) is 1. The van der Waals surface area contributed by atoms with Gasteiger partial charge in [-0.25, -0.2) is 14.4 Å². The van der Waals surface area contributed by atoms with Crippen molar-refractivity contribution in [1.29, 1.82) is 0 Å². The Morgan fingerprint density at radius 2 is 1.97 bits per heavy atom. The standard InChI is InChI=1S/C22H23NO7/c1-11-7-17(28-19(11)24)27-10-16-15-8-12-5-6-13(23-21(26)30-22(2,3)4)9-14(12)18(15)29-20(16)25/h5-7,9-10,15,17-18H,8H2,1-4H3,(H,23,26)/b16-10+/t15-,17-,18-/m0/s1. The van der Waals surface area contributed by atoms with Crippen molar-refractivity contribution in [2.75, 3.05) is 5.32 Å². The third-order valence-electron chi connectivity index (χ3n) is 5.03. The smallest absolute Gasteiger partial charge is 0.412 e. The van der Waals surface area contributed by atoms with Crippen molar-refractivity contribution in [3.05, 3.63) is 52.8 Å². The summed E-state index contributed by atoms with van der Waals surface area (Å²) in [6.45, 7) is 7.00. The fraction of sp³-hybridized carbons (Fsp3) is 0.409. The molecule has 0 radical (unpaired) electrons. The molecule has 1 N–H and O–H groups in total. The first-order valence-corrected chi connectivity index (χ1v) is 9.69. The summed E-state index contributed by atoms with van der Waals surface area (Å²) in [5.74, 6) is -1.11. The average Bonchev–Trinajstić information content (AvgIpc) is 3.23. The van der Waals surface area contributed by atoms with Gasteiger partial charge in [0.2, 0.25) is 0 Å². The predicted octanol–water partition coefficient (Wildman–Crippen LogP) is 3.53. The number of rotatable bonds is 3. The third-order valence-corrected chi connectivity index (χ3v) is 5.03. The van der Waals surface area contributed by atoms with Crippen LogP contribution in [0.4, 0.5) is 10.5 Å². The number of carbonyl (C=O) groups is 3. The Hall–Kier alpha value is -3.29. The summed E-state index contributed by atoms with van der Waals surface area (Å²) in [6.07, 6.45) is 1.63. The van der Waals surface area contributed by atoms with Crippen LogP contribution in [0.5, 0.6) is 0 Å². The molecule has 1 aliphatic carbocycles. The van der Waals surface area contributed by atoms with Gasteiger partial charge >= 0.3 is 18.0 Å². The van der Waals surface area contributed by atoms with E-state index in [0.717, 1.165) is 11.1 Å². The second kappa shape index (κ2) is 7.19. The molecule has 4 rings (SSSR count). The highest BCUT2D eigenvalue weighted by Gasteiger charge is 2.46. The maximum absolute atomic E-state index is 12.4. The van der Waals surface area contributed by atoms with Gasteiger partial charge in [0.25, 0.3) is 6.29 Å². The van der Waals surface area contributed by atoms with E-state index in [1.165, 1.54) is 6.26 Å². The number of hydrogen-bond acceptors (Lipinski definition) is 7.